The molecule has 1 aliphatic rings. The van der Waals surface area contributed by atoms with E-state index < -0.39 is 23.5 Å². The lowest BCUT2D eigenvalue weighted by molar-refractivity contribution is -0.118. The van der Waals surface area contributed by atoms with Gasteiger partial charge in [-0.15, -0.1) is 0 Å². The zero-order valence-electron chi connectivity index (χ0n) is 15.2. The maximum Gasteiger partial charge on any atom is 0.294 e. The maximum atomic E-state index is 13.4. The van der Waals surface area contributed by atoms with Gasteiger partial charge in [0.05, 0.1) is 21.7 Å². The van der Waals surface area contributed by atoms with Gasteiger partial charge < -0.3 is 5.11 Å². The highest BCUT2D eigenvalue weighted by atomic mass is 35.5. The van der Waals surface area contributed by atoms with Crippen LogP contribution >= 0.6 is 23.2 Å². The molecule has 0 fully saturated rings. The number of aliphatic hydroxyl groups excluding tert-OH is 1. The molecule has 7 heteroatoms. The number of nitrogens with zero attached hydrogens (tertiary/aromatic N) is 1. The highest BCUT2D eigenvalue weighted by molar-refractivity contribution is 6.42. The number of hydrogen-bond acceptors (Lipinski definition) is 3. The number of hydrogen-bond donors (Lipinski definition) is 1. The number of carbonyl (C=O) groups is 2. The molecule has 1 unspecified atom stereocenters. The number of carbonyl (C=O) groups excluding carboxylic acids is 2. The topological polar surface area (TPSA) is 57.6 Å². The van der Waals surface area contributed by atoms with Gasteiger partial charge in [-0.05, 0) is 41.8 Å². The third-order valence-corrected chi connectivity index (χ3v) is 5.21. The van der Waals surface area contributed by atoms with E-state index in [4.69, 9.17) is 23.2 Å². The van der Waals surface area contributed by atoms with Crippen molar-refractivity contribution in [2.75, 3.05) is 4.90 Å². The van der Waals surface area contributed by atoms with Gasteiger partial charge in [0.1, 0.15) is 5.82 Å². The molecule has 1 atom stereocenters. The summed E-state index contributed by atoms with van der Waals surface area (Å²) in [5.41, 5.74) is 0.862. The van der Waals surface area contributed by atoms with Gasteiger partial charge in [-0.1, -0.05) is 49.2 Å². The number of rotatable bonds is 5. The van der Waals surface area contributed by atoms with Crippen molar-refractivity contribution in [2.45, 2.75) is 26.3 Å². The number of amides is 1. The SMILES string of the molecule is CC(C)CC(=O)C1=C(O)C(=O)N(c2ccc(Cl)c(Cl)c2)C1c1ccc(F)cc1. The Bertz CT molecular complexity index is 970. The van der Waals surface area contributed by atoms with Crippen molar-refractivity contribution in [3.63, 3.8) is 0 Å². The van der Waals surface area contributed by atoms with Crippen molar-refractivity contribution < 1.29 is 19.1 Å². The van der Waals surface area contributed by atoms with Crippen molar-refractivity contribution in [1.29, 1.82) is 0 Å². The van der Waals surface area contributed by atoms with E-state index in [2.05, 4.69) is 0 Å². The zero-order chi connectivity index (χ0) is 20.6. The van der Waals surface area contributed by atoms with E-state index in [1.54, 1.807) is 6.07 Å². The van der Waals surface area contributed by atoms with Gasteiger partial charge in [-0.3, -0.25) is 14.5 Å². The van der Waals surface area contributed by atoms with Crippen LogP contribution in [0.2, 0.25) is 10.0 Å². The largest absolute Gasteiger partial charge is 0.503 e. The van der Waals surface area contributed by atoms with Gasteiger partial charge in [0.2, 0.25) is 0 Å². The molecule has 1 aliphatic heterocycles. The van der Waals surface area contributed by atoms with Crippen LogP contribution in [0.1, 0.15) is 31.9 Å². The lowest BCUT2D eigenvalue weighted by Crippen LogP contribution is -2.31. The molecule has 0 aromatic heterocycles. The molecule has 146 valence electrons. The van der Waals surface area contributed by atoms with Gasteiger partial charge in [-0.2, -0.15) is 0 Å². The van der Waals surface area contributed by atoms with E-state index in [1.165, 1.54) is 41.3 Å². The Hall–Kier alpha value is -2.37. The van der Waals surface area contributed by atoms with E-state index in [1.807, 2.05) is 13.8 Å². The summed E-state index contributed by atoms with van der Waals surface area (Å²) in [6, 6.07) is 9.15. The van der Waals surface area contributed by atoms with E-state index in [9.17, 15) is 19.1 Å². The zero-order valence-corrected chi connectivity index (χ0v) is 16.8. The minimum atomic E-state index is -0.892. The fourth-order valence-electron chi connectivity index (χ4n) is 3.23. The second kappa shape index (κ2) is 7.94. The Balaban J connectivity index is 2.16. The fraction of sp³-hybridized carbons (Fsp3) is 0.238. The van der Waals surface area contributed by atoms with Crippen LogP contribution in [-0.4, -0.2) is 16.8 Å². The Kier molecular flexibility index (Phi) is 5.77. The molecule has 4 nitrogen and oxygen atoms in total. The summed E-state index contributed by atoms with van der Waals surface area (Å²) >= 11 is 12.1. The molecule has 1 heterocycles. The van der Waals surface area contributed by atoms with Gasteiger partial charge in [-0.25, -0.2) is 4.39 Å². The molecule has 0 spiro atoms. The van der Waals surface area contributed by atoms with Crippen molar-refractivity contribution in [1.82, 2.24) is 0 Å². The fourth-order valence-corrected chi connectivity index (χ4v) is 3.52. The Morgan fingerprint density at radius 3 is 2.36 bits per heavy atom. The van der Waals surface area contributed by atoms with Gasteiger partial charge in [0.15, 0.2) is 11.5 Å². The highest BCUT2D eigenvalue weighted by Crippen LogP contribution is 2.42. The standard InChI is InChI=1S/C21H18Cl2FNO3/c1-11(2)9-17(26)18-19(12-3-5-13(24)6-4-12)25(21(28)20(18)27)14-7-8-15(22)16(23)10-14/h3-8,10-11,19,27H,9H2,1-2H3. The Labute approximate surface area is 172 Å². The number of benzene rings is 2. The number of aliphatic hydroxyl groups is 1. The first-order valence-corrected chi connectivity index (χ1v) is 9.46. The average molecular weight is 422 g/mol. The number of Topliss-reactive ketones (excluding diaryl/α,β-unsaturated/α-hetero) is 1. The first-order valence-electron chi connectivity index (χ1n) is 8.71. The smallest absolute Gasteiger partial charge is 0.294 e. The molecule has 0 saturated heterocycles. The molecular formula is C21H18Cl2FNO3. The molecule has 1 amide bonds. The number of ketones is 1. The van der Waals surface area contributed by atoms with E-state index >= 15 is 0 Å². The molecule has 0 saturated carbocycles. The molecule has 2 aromatic rings. The predicted octanol–water partition coefficient (Wildman–Crippen LogP) is 5.65. The summed E-state index contributed by atoms with van der Waals surface area (Å²) in [5.74, 6) is -2.07. The van der Waals surface area contributed by atoms with E-state index in [0.29, 0.717) is 16.3 Å². The Morgan fingerprint density at radius 1 is 1.14 bits per heavy atom. The van der Waals surface area contributed by atoms with Crippen LogP contribution in [0.3, 0.4) is 0 Å². The third kappa shape index (κ3) is 3.77. The quantitative estimate of drug-likeness (QED) is 0.678. The van der Waals surface area contributed by atoms with Gasteiger partial charge >= 0.3 is 0 Å². The normalized spacial score (nSPS) is 17.0. The second-order valence-electron chi connectivity index (χ2n) is 7.01. The minimum absolute atomic E-state index is 0.00335. The van der Waals surface area contributed by atoms with Crippen molar-refractivity contribution in [3.05, 3.63) is 75.2 Å². The third-order valence-electron chi connectivity index (χ3n) is 4.47. The average Bonchev–Trinajstić information content (AvgIpc) is 2.89. The molecule has 1 N–H and O–H groups in total. The summed E-state index contributed by atoms with van der Waals surface area (Å²) in [6.07, 6.45) is 0.166. The molecular weight excluding hydrogens is 404 g/mol. The maximum absolute atomic E-state index is 13.4. The summed E-state index contributed by atoms with van der Waals surface area (Å²) in [7, 11) is 0. The molecule has 3 rings (SSSR count). The molecule has 2 aromatic carbocycles. The summed E-state index contributed by atoms with van der Waals surface area (Å²) in [6.45, 7) is 3.74. The van der Waals surface area contributed by atoms with Crippen molar-refractivity contribution in [2.24, 2.45) is 5.92 Å². The van der Waals surface area contributed by atoms with Gasteiger partial charge in [0.25, 0.3) is 5.91 Å². The van der Waals surface area contributed by atoms with Crippen LogP contribution in [0, 0.1) is 11.7 Å². The van der Waals surface area contributed by atoms with Crippen LogP contribution in [0.5, 0.6) is 0 Å². The molecule has 0 bridgehead atoms. The first kappa shape index (κ1) is 20.4. The molecule has 28 heavy (non-hydrogen) atoms. The monoisotopic (exact) mass is 421 g/mol. The molecule has 0 aliphatic carbocycles. The number of anilines is 1. The van der Waals surface area contributed by atoms with Crippen LogP contribution in [0.25, 0.3) is 0 Å². The summed E-state index contributed by atoms with van der Waals surface area (Å²) in [5, 5.41) is 11.1. The summed E-state index contributed by atoms with van der Waals surface area (Å²) < 4.78 is 13.4. The van der Waals surface area contributed by atoms with Crippen LogP contribution in [-0.2, 0) is 9.59 Å². The predicted molar refractivity (Wildman–Crippen MR) is 107 cm³/mol. The first-order chi connectivity index (χ1) is 13.2. The lowest BCUT2D eigenvalue weighted by Gasteiger charge is -2.27. The van der Waals surface area contributed by atoms with Crippen LogP contribution in [0.15, 0.2) is 53.8 Å². The summed E-state index contributed by atoms with van der Waals surface area (Å²) in [4.78, 5) is 27.0. The molecule has 0 radical (unpaired) electrons. The Morgan fingerprint density at radius 2 is 1.79 bits per heavy atom. The minimum Gasteiger partial charge on any atom is -0.503 e. The number of halogens is 3. The van der Waals surface area contributed by atoms with Crippen LogP contribution in [0.4, 0.5) is 10.1 Å². The van der Waals surface area contributed by atoms with Crippen molar-refractivity contribution >= 4 is 40.6 Å². The highest BCUT2D eigenvalue weighted by Gasteiger charge is 2.44. The van der Waals surface area contributed by atoms with Crippen LogP contribution < -0.4 is 4.90 Å². The van der Waals surface area contributed by atoms with Gasteiger partial charge in [0, 0.05) is 12.1 Å². The second-order valence-corrected chi connectivity index (χ2v) is 7.83. The lowest BCUT2D eigenvalue weighted by atomic mass is 9.92. The van der Waals surface area contributed by atoms with E-state index in [0.717, 1.165) is 0 Å². The van der Waals surface area contributed by atoms with Crippen molar-refractivity contribution in [3.8, 4) is 0 Å². The van der Waals surface area contributed by atoms with E-state index in [-0.39, 0.29) is 28.7 Å².